The van der Waals surface area contributed by atoms with Crippen molar-refractivity contribution < 1.29 is 0 Å². The lowest BCUT2D eigenvalue weighted by molar-refractivity contribution is 0.507. The van der Waals surface area contributed by atoms with Gasteiger partial charge in [0.05, 0.1) is 0 Å². The van der Waals surface area contributed by atoms with Gasteiger partial charge in [-0.25, -0.2) is 0 Å². The molecule has 1 N–H and O–H groups in total. The number of rotatable bonds is 0. The van der Waals surface area contributed by atoms with E-state index in [-0.39, 0.29) is 0 Å². The van der Waals surface area contributed by atoms with Crippen molar-refractivity contribution in [1.29, 1.82) is 0 Å². The first kappa shape index (κ1) is 6.81. The third-order valence-corrected chi connectivity index (χ3v) is 1.78. The Balaban J connectivity index is 2.28. The average molecular weight is 125 g/mol. The standard InChI is InChI=1S/C8H15N/c1-8-4-2-3-6-9-7-5-8/h2-3,8-9H,4-7H2,1H3/b3-2-. The SMILES string of the molecule is CC1C/C=C\CNCC1. The minimum atomic E-state index is 0.869. The second-order valence-corrected chi connectivity index (χ2v) is 2.81. The largest absolute Gasteiger partial charge is 0.313 e. The van der Waals surface area contributed by atoms with E-state index in [4.69, 9.17) is 0 Å². The van der Waals surface area contributed by atoms with Gasteiger partial charge in [-0.3, -0.25) is 0 Å². The van der Waals surface area contributed by atoms with Gasteiger partial charge in [-0.2, -0.15) is 0 Å². The van der Waals surface area contributed by atoms with E-state index < -0.39 is 0 Å². The Labute approximate surface area is 57.1 Å². The van der Waals surface area contributed by atoms with Gasteiger partial charge in [-0.05, 0) is 25.3 Å². The van der Waals surface area contributed by atoms with E-state index in [1.54, 1.807) is 0 Å². The first-order chi connectivity index (χ1) is 4.39. The van der Waals surface area contributed by atoms with E-state index in [1.807, 2.05) is 0 Å². The zero-order chi connectivity index (χ0) is 6.53. The van der Waals surface area contributed by atoms with Crippen molar-refractivity contribution in [3.8, 4) is 0 Å². The van der Waals surface area contributed by atoms with Crippen molar-refractivity contribution in [2.24, 2.45) is 5.92 Å². The molecule has 0 aromatic carbocycles. The highest BCUT2D eigenvalue weighted by molar-refractivity contribution is 4.87. The second kappa shape index (κ2) is 3.67. The lowest BCUT2D eigenvalue weighted by atomic mass is 10.0. The zero-order valence-electron chi connectivity index (χ0n) is 6.06. The van der Waals surface area contributed by atoms with E-state index in [0.717, 1.165) is 12.5 Å². The van der Waals surface area contributed by atoms with Crippen molar-refractivity contribution in [2.45, 2.75) is 19.8 Å². The monoisotopic (exact) mass is 125 g/mol. The maximum atomic E-state index is 3.33. The lowest BCUT2D eigenvalue weighted by Gasteiger charge is -2.11. The molecule has 0 fully saturated rings. The van der Waals surface area contributed by atoms with Crippen LogP contribution in [0.1, 0.15) is 19.8 Å². The molecule has 0 saturated heterocycles. The molecule has 1 nitrogen and oxygen atoms in total. The van der Waals surface area contributed by atoms with Crippen LogP contribution in [0.2, 0.25) is 0 Å². The molecule has 0 aromatic heterocycles. The van der Waals surface area contributed by atoms with Gasteiger partial charge in [-0.15, -0.1) is 0 Å². The van der Waals surface area contributed by atoms with Crippen molar-refractivity contribution in [1.82, 2.24) is 5.32 Å². The fourth-order valence-corrected chi connectivity index (χ4v) is 1.06. The molecule has 1 rings (SSSR count). The molecule has 0 spiro atoms. The quantitative estimate of drug-likeness (QED) is 0.484. The predicted octanol–water partition coefficient (Wildman–Crippen LogP) is 1.56. The van der Waals surface area contributed by atoms with Gasteiger partial charge in [-0.1, -0.05) is 19.1 Å². The summed E-state index contributed by atoms with van der Waals surface area (Å²) in [6.45, 7) is 4.55. The van der Waals surface area contributed by atoms with Crippen LogP contribution in [0.3, 0.4) is 0 Å². The summed E-state index contributed by atoms with van der Waals surface area (Å²) in [7, 11) is 0. The molecule has 1 aliphatic heterocycles. The van der Waals surface area contributed by atoms with E-state index in [0.29, 0.717) is 0 Å². The molecule has 0 radical (unpaired) electrons. The smallest absolute Gasteiger partial charge is 0.0134 e. The van der Waals surface area contributed by atoms with Gasteiger partial charge in [0.2, 0.25) is 0 Å². The van der Waals surface area contributed by atoms with Crippen LogP contribution in [0.5, 0.6) is 0 Å². The molecule has 1 heteroatoms. The lowest BCUT2D eigenvalue weighted by Crippen LogP contribution is -2.18. The van der Waals surface area contributed by atoms with Crippen LogP contribution < -0.4 is 5.32 Å². The summed E-state index contributed by atoms with van der Waals surface area (Å²) >= 11 is 0. The first-order valence-electron chi connectivity index (χ1n) is 3.75. The van der Waals surface area contributed by atoms with Gasteiger partial charge < -0.3 is 5.32 Å². The van der Waals surface area contributed by atoms with Crippen molar-refractivity contribution in [3.05, 3.63) is 12.2 Å². The maximum Gasteiger partial charge on any atom is 0.0134 e. The molecule has 0 aromatic rings. The fourth-order valence-electron chi connectivity index (χ4n) is 1.06. The van der Waals surface area contributed by atoms with Crippen LogP contribution in [0, 0.1) is 5.92 Å². The van der Waals surface area contributed by atoms with E-state index in [2.05, 4.69) is 24.4 Å². The minimum Gasteiger partial charge on any atom is -0.313 e. The molecule has 0 saturated carbocycles. The number of hydrogen-bond acceptors (Lipinski definition) is 1. The Morgan fingerprint density at radius 2 is 2.33 bits per heavy atom. The van der Waals surface area contributed by atoms with Crippen LogP contribution in [0.4, 0.5) is 0 Å². The minimum absolute atomic E-state index is 0.869. The summed E-state index contributed by atoms with van der Waals surface area (Å²) in [5, 5.41) is 3.33. The topological polar surface area (TPSA) is 12.0 Å². The molecule has 1 heterocycles. The summed E-state index contributed by atoms with van der Waals surface area (Å²) in [6, 6.07) is 0. The molecule has 0 aliphatic carbocycles. The number of allylic oxidation sites excluding steroid dienone is 1. The Bertz CT molecular complexity index is 96.7. The molecule has 0 amide bonds. The average Bonchev–Trinajstić information content (AvgIpc) is 1.79. The van der Waals surface area contributed by atoms with E-state index >= 15 is 0 Å². The zero-order valence-corrected chi connectivity index (χ0v) is 6.06. The van der Waals surface area contributed by atoms with Crippen molar-refractivity contribution >= 4 is 0 Å². The Kier molecular flexibility index (Phi) is 2.78. The Hall–Kier alpha value is -0.300. The maximum absolute atomic E-state index is 3.33. The molecule has 1 unspecified atom stereocenters. The normalized spacial score (nSPS) is 32.8. The number of nitrogens with one attached hydrogen (secondary N) is 1. The summed E-state index contributed by atoms with van der Waals surface area (Å²) in [6.07, 6.45) is 7.08. The highest BCUT2D eigenvalue weighted by Gasteiger charge is 1.99. The predicted molar refractivity (Wildman–Crippen MR) is 40.4 cm³/mol. The molecule has 9 heavy (non-hydrogen) atoms. The third kappa shape index (κ3) is 2.66. The van der Waals surface area contributed by atoms with Gasteiger partial charge in [0.1, 0.15) is 0 Å². The van der Waals surface area contributed by atoms with Crippen molar-refractivity contribution in [2.75, 3.05) is 13.1 Å². The summed E-state index contributed by atoms with van der Waals surface area (Å²) in [5.74, 6) is 0.869. The fraction of sp³-hybridized carbons (Fsp3) is 0.750. The van der Waals surface area contributed by atoms with Crippen molar-refractivity contribution in [3.63, 3.8) is 0 Å². The van der Waals surface area contributed by atoms with E-state index in [9.17, 15) is 0 Å². The van der Waals surface area contributed by atoms with Crippen LogP contribution in [-0.4, -0.2) is 13.1 Å². The molecule has 1 atom stereocenters. The molecular formula is C8H15N. The molecule has 0 bridgehead atoms. The molecular weight excluding hydrogens is 110 g/mol. The highest BCUT2D eigenvalue weighted by Crippen LogP contribution is 2.07. The summed E-state index contributed by atoms with van der Waals surface area (Å²) in [5.41, 5.74) is 0. The number of hydrogen-bond donors (Lipinski definition) is 1. The molecule has 1 aliphatic rings. The van der Waals surface area contributed by atoms with Crippen LogP contribution in [-0.2, 0) is 0 Å². The molecule has 52 valence electrons. The third-order valence-electron chi connectivity index (χ3n) is 1.78. The summed E-state index contributed by atoms with van der Waals surface area (Å²) in [4.78, 5) is 0. The Morgan fingerprint density at radius 1 is 1.44 bits per heavy atom. The van der Waals surface area contributed by atoms with Gasteiger partial charge in [0.25, 0.3) is 0 Å². The van der Waals surface area contributed by atoms with Crippen LogP contribution in [0.15, 0.2) is 12.2 Å². The first-order valence-corrected chi connectivity index (χ1v) is 3.75. The van der Waals surface area contributed by atoms with Crippen LogP contribution >= 0.6 is 0 Å². The van der Waals surface area contributed by atoms with Crippen LogP contribution in [0.25, 0.3) is 0 Å². The highest BCUT2D eigenvalue weighted by atomic mass is 14.8. The summed E-state index contributed by atoms with van der Waals surface area (Å²) < 4.78 is 0. The van der Waals surface area contributed by atoms with Gasteiger partial charge in [0, 0.05) is 6.54 Å². The van der Waals surface area contributed by atoms with Gasteiger partial charge >= 0.3 is 0 Å². The van der Waals surface area contributed by atoms with E-state index in [1.165, 1.54) is 19.4 Å². The Morgan fingerprint density at radius 3 is 3.22 bits per heavy atom. The van der Waals surface area contributed by atoms with Gasteiger partial charge in [0.15, 0.2) is 0 Å². The second-order valence-electron chi connectivity index (χ2n) is 2.81.